The molecule has 0 unspecified atom stereocenters. The highest BCUT2D eigenvalue weighted by Crippen LogP contribution is 2.19. The molecule has 0 spiro atoms. The molecule has 7 heteroatoms. The second kappa shape index (κ2) is 9.78. The summed E-state index contributed by atoms with van der Waals surface area (Å²) in [7, 11) is 0. The molecule has 2 rings (SSSR count). The first kappa shape index (κ1) is 22.7. The van der Waals surface area contributed by atoms with Gasteiger partial charge in [-0.2, -0.15) is 0 Å². The van der Waals surface area contributed by atoms with Crippen molar-refractivity contribution in [3.05, 3.63) is 36.0 Å². The standard InChI is InChI=1S/C22H33N3O4/c1-6-14(2)19(25-21(28)29-22(3,4)5)20(27)24-16(13-26)11-15-12-23-18-10-8-7-9-17(15)18/h7-10,12,14,16,19,23,26H,6,11,13H2,1-5H3,(H,24,27)(H,25,28)/t14-,16-,19-/m0/s1. The Morgan fingerprint density at radius 3 is 2.52 bits per heavy atom. The van der Waals surface area contributed by atoms with Crippen molar-refractivity contribution >= 4 is 22.9 Å². The number of hydrogen-bond acceptors (Lipinski definition) is 4. The van der Waals surface area contributed by atoms with Crippen LogP contribution in [0.3, 0.4) is 0 Å². The van der Waals surface area contributed by atoms with Gasteiger partial charge in [-0.3, -0.25) is 4.79 Å². The number of nitrogens with one attached hydrogen (secondary N) is 3. The van der Waals surface area contributed by atoms with Crippen LogP contribution in [0.1, 0.15) is 46.6 Å². The number of fused-ring (bicyclic) bond motifs is 1. The molecule has 160 valence electrons. The minimum Gasteiger partial charge on any atom is -0.444 e. The van der Waals surface area contributed by atoms with E-state index in [9.17, 15) is 14.7 Å². The number of rotatable bonds is 8. The molecule has 0 aliphatic carbocycles. The Hall–Kier alpha value is -2.54. The van der Waals surface area contributed by atoms with Gasteiger partial charge in [-0.25, -0.2) is 4.79 Å². The lowest BCUT2D eigenvalue weighted by Crippen LogP contribution is -2.54. The van der Waals surface area contributed by atoms with Gasteiger partial charge in [-0.1, -0.05) is 38.5 Å². The first-order valence-corrected chi connectivity index (χ1v) is 10.1. The number of carbonyl (C=O) groups is 2. The van der Waals surface area contributed by atoms with Gasteiger partial charge in [0.05, 0.1) is 12.6 Å². The molecule has 2 amide bonds. The van der Waals surface area contributed by atoms with Gasteiger partial charge in [-0.15, -0.1) is 0 Å². The van der Waals surface area contributed by atoms with Gasteiger partial charge in [0.25, 0.3) is 0 Å². The maximum Gasteiger partial charge on any atom is 0.408 e. The molecule has 0 fully saturated rings. The minimum absolute atomic E-state index is 0.0880. The number of H-pyrrole nitrogens is 1. The van der Waals surface area contributed by atoms with Crippen molar-refractivity contribution in [3.63, 3.8) is 0 Å². The van der Waals surface area contributed by atoms with Crippen LogP contribution in [0.25, 0.3) is 10.9 Å². The van der Waals surface area contributed by atoms with Crippen molar-refractivity contribution in [1.29, 1.82) is 0 Å². The molecule has 4 N–H and O–H groups in total. The Morgan fingerprint density at radius 2 is 1.90 bits per heavy atom. The van der Waals surface area contributed by atoms with Crippen LogP contribution in [-0.4, -0.2) is 46.4 Å². The predicted octanol–water partition coefficient (Wildman–Crippen LogP) is 3.13. The van der Waals surface area contributed by atoms with Crippen LogP contribution in [0.4, 0.5) is 4.79 Å². The largest absolute Gasteiger partial charge is 0.444 e. The normalized spacial score (nSPS) is 14.8. The molecule has 2 aromatic rings. The van der Waals surface area contributed by atoms with Crippen LogP contribution >= 0.6 is 0 Å². The van der Waals surface area contributed by atoms with Crippen LogP contribution in [0, 0.1) is 5.92 Å². The molecule has 7 nitrogen and oxygen atoms in total. The summed E-state index contributed by atoms with van der Waals surface area (Å²) in [5, 5.41) is 16.4. The smallest absolute Gasteiger partial charge is 0.408 e. The van der Waals surface area contributed by atoms with Gasteiger partial charge >= 0.3 is 6.09 Å². The third kappa shape index (κ3) is 6.49. The van der Waals surface area contributed by atoms with Gasteiger partial charge in [0.2, 0.25) is 5.91 Å². The maximum absolute atomic E-state index is 12.9. The van der Waals surface area contributed by atoms with Crippen molar-refractivity contribution in [2.75, 3.05) is 6.61 Å². The number of hydrogen-bond donors (Lipinski definition) is 4. The Bertz CT molecular complexity index is 825. The minimum atomic E-state index is -0.744. The lowest BCUT2D eigenvalue weighted by Gasteiger charge is -2.27. The van der Waals surface area contributed by atoms with Crippen LogP contribution in [0.15, 0.2) is 30.5 Å². The molecule has 0 saturated heterocycles. The molecule has 3 atom stereocenters. The summed E-state index contributed by atoms with van der Waals surface area (Å²) in [6.45, 7) is 8.97. The molecular formula is C22H33N3O4. The number of carbonyl (C=O) groups excluding carboxylic acids is 2. The Balaban J connectivity index is 2.08. The van der Waals surface area contributed by atoms with Crippen molar-refractivity contribution in [1.82, 2.24) is 15.6 Å². The van der Waals surface area contributed by atoms with E-state index in [1.807, 2.05) is 44.3 Å². The topological polar surface area (TPSA) is 103 Å². The van der Waals surface area contributed by atoms with Crippen molar-refractivity contribution in [2.45, 2.75) is 65.1 Å². The molecule has 1 aromatic carbocycles. The molecule has 1 heterocycles. The van der Waals surface area contributed by atoms with E-state index >= 15 is 0 Å². The lowest BCUT2D eigenvalue weighted by atomic mass is 9.97. The summed E-state index contributed by atoms with van der Waals surface area (Å²) >= 11 is 0. The van der Waals surface area contributed by atoms with E-state index in [1.165, 1.54) is 0 Å². The van der Waals surface area contributed by atoms with Gasteiger partial charge in [0.15, 0.2) is 0 Å². The van der Waals surface area contributed by atoms with Crippen molar-refractivity contribution in [2.24, 2.45) is 5.92 Å². The predicted molar refractivity (Wildman–Crippen MR) is 114 cm³/mol. The molecule has 0 saturated carbocycles. The van der Waals surface area contributed by atoms with Gasteiger partial charge in [0.1, 0.15) is 11.6 Å². The Labute approximate surface area is 172 Å². The monoisotopic (exact) mass is 403 g/mol. The number of amides is 2. The van der Waals surface area contributed by atoms with Crippen LogP contribution in [0.2, 0.25) is 0 Å². The highest BCUT2D eigenvalue weighted by Gasteiger charge is 2.29. The van der Waals surface area contributed by atoms with Gasteiger partial charge in [-0.05, 0) is 44.7 Å². The average Bonchev–Trinajstić information content (AvgIpc) is 3.06. The number of alkyl carbamates (subject to hydrolysis) is 1. The van der Waals surface area contributed by atoms with E-state index in [0.717, 1.165) is 16.5 Å². The fraction of sp³-hybridized carbons (Fsp3) is 0.545. The molecule has 1 aromatic heterocycles. The van der Waals surface area contributed by atoms with Crippen molar-refractivity contribution < 1.29 is 19.4 Å². The second-order valence-corrected chi connectivity index (χ2v) is 8.46. The number of benzene rings is 1. The van der Waals surface area contributed by atoms with Crippen molar-refractivity contribution in [3.8, 4) is 0 Å². The zero-order valence-electron chi connectivity index (χ0n) is 17.9. The third-order valence-corrected chi connectivity index (χ3v) is 4.88. The molecule has 0 radical (unpaired) electrons. The molecular weight excluding hydrogens is 370 g/mol. The fourth-order valence-corrected chi connectivity index (χ4v) is 3.15. The summed E-state index contributed by atoms with van der Waals surface area (Å²) in [5.41, 5.74) is 1.37. The van der Waals surface area contributed by atoms with Crippen LogP contribution in [0.5, 0.6) is 0 Å². The molecule has 0 bridgehead atoms. The zero-order valence-corrected chi connectivity index (χ0v) is 17.9. The number of aromatic amines is 1. The SMILES string of the molecule is CC[C@H](C)[C@H](NC(=O)OC(C)(C)C)C(=O)N[C@H](CO)Cc1c[nH]c2ccccc12. The first-order valence-electron chi connectivity index (χ1n) is 10.1. The highest BCUT2D eigenvalue weighted by atomic mass is 16.6. The lowest BCUT2D eigenvalue weighted by molar-refractivity contribution is -0.125. The quantitative estimate of drug-likeness (QED) is 0.544. The summed E-state index contributed by atoms with van der Waals surface area (Å²) < 4.78 is 5.29. The number of aliphatic hydroxyl groups is 1. The Morgan fingerprint density at radius 1 is 1.21 bits per heavy atom. The summed E-state index contributed by atoms with van der Waals surface area (Å²) in [4.78, 5) is 28.3. The number of ether oxygens (including phenoxy) is 1. The fourth-order valence-electron chi connectivity index (χ4n) is 3.15. The number of aliphatic hydroxyl groups excluding tert-OH is 1. The summed E-state index contributed by atoms with van der Waals surface area (Å²) in [6.07, 6.45) is 2.45. The molecule has 0 aliphatic heterocycles. The summed E-state index contributed by atoms with van der Waals surface area (Å²) in [5.74, 6) is -0.418. The summed E-state index contributed by atoms with van der Waals surface area (Å²) in [6, 6.07) is 6.68. The van der Waals surface area contributed by atoms with E-state index in [4.69, 9.17) is 4.74 Å². The van der Waals surface area contributed by atoms with E-state index in [-0.39, 0.29) is 18.4 Å². The van der Waals surface area contributed by atoms with E-state index in [1.54, 1.807) is 20.8 Å². The number of aromatic nitrogens is 1. The van der Waals surface area contributed by atoms with Gasteiger partial charge < -0.3 is 25.5 Å². The molecule has 29 heavy (non-hydrogen) atoms. The Kier molecular flexibility index (Phi) is 7.67. The molecule has 0 aliphatic rings. The zero-order chi connectivity index (χ0) is 21.6. The van der Waals surface area contributed by atoms with Crippen LogP contribution in [-0.2, 0) is 16.0 Å². The first-order chi connectivity index (χ1) is 13.6. The highest BCUT2D eigenvalue weighted by molar-refractivity contribution is 5.86. The third-order valence-electron chi connectivity index (χ3n) is 4.88. The van der Waals surface area contributed by atoms with E-state index < -0.39 is 23.8 Å². The van der Waals surface area contributed by atoms with Gasteiger partial charge in [0, 0.05) is 17.1 Å². The number of para-hydroxylation sites is 1. The maximum atomic E-state index is 12.9. The van der Waals surface area contributed by atoms with Crippen LogP contribution < -0.4 is 10.6 Å². The average molecular weight is 404 g/mol. The second-order valence-electron chi connectivity index (χ2n) is 8.46. The van der Waals surface area contributed by atoms with E-state index in [2.05, 4.69) is 15.6 Å². The van der Waals surface area contributed by atoms with E-state index in [0.29, 0.717) is 12.8 Å².